The van der Waals surface area contributed by atoms with E-state index in [2.05, 4.69) is 5.32 Å². The van der Waals surface area contributed by atoms with Gasteiger partial charge >= 0.3 is 5.97 Å². The first-order valence-electron chi connectivity index (χ1n) is 4.40. The summed E-state index contributed by atoms with van der Waals surface area (Å²) in [6.07, 6.45) is -0.156. The highest BCUT2D eigenvalue weighted by molar-refractivity contribution is 5.67. The number of nitrogens with one attached hydrogen (secondary N) is 1. The summed E-state index contributed by atoms with van der Waals surface area (Å²) in [7, 11) is 0. The predicted molar refractivity (Wildman–Crippen MR) is 53.8 cm³/mol. The Bertz CT molecular complexity index is 422. The lowest BCUT2D eigenvalue weighted by atomic mass is 10.2. The molecular weight excluding hydrogens is 219 g/mol. The SMILES string of the molecule is O=C(O)CCNc1ccc([N+](=O)[O-])cc1F. The van der Waals surface area contributed by atoms with E-state index in [0.29, 0.717) is 0 Å². The summed E-state index contributed by atoms with van der Waals surface area (Å²) in [5.74, 6) is -1.78. The minimum atomic E-state index is -1.00. The molecule has 0 aliphatic rings. The van der Waals surface area contributed by atoms with Crippen molar-refractivity contribution in [3.8, 4) is 0 Å². The van der Waals surface area contributed by atoms with Crippen molar-refractivity contribution in [2.24, 2.45) is 0 Å². The Morgan fingerprint density at radius 1 is 1.56 bits per heavy atom. The summed E-state index contributed by atoms with van der Waals surface area (Å²) in [5.41, 5.74) is -0.298. The van der Waals surface area contributed by atoms with E-state index in [1.807, 2.05) is 0 Å². The summed E-state index contributed by atoms with van der Waals surface area (Å²) in [6, 6.07) is 3.13. The standard InChI is InChI=1S/C9H9FN2O4/c10-7-5-6(12(15)16)1-2-8(7)11-4-3-9(13)14/h1-2,5,11H,3-4H2,(H,13,14). The van der Waals surface area contributed by atoms with Gasteiger partial charge in [0.1, 0.15) is 0 Å². The van der Waals surface area contributed by atoms with Crippen molar-refractivity contribution in [3.05, 3.63) is 34.1 Å². The summed E-state index contributed by atoms with van der Waals surface area (Å²) >= 11 is 0. The van der Waals surface area contributed by atoms with Crippen LogP contribution in [-0.4, -0.2) is 22.5 Å². The van der Waals surface area contributed by atoms with Gasteiger partial charge in [-0.15, -0.1) is 0 Å². The van der Waals surface area contributed by atoms with Crippen LogP contribution in [0.5, 0.6) is 0 Å². The third kappa shape index (κ3) is 3.19. The van der Waals surface area contributed by atoms with Crippen molar-refractivity contribution >= 4 is 17.3 Å². The van der Waals surface area contributed by atoms with Crippen LogP contribution in [0.4, 0.5) is 15.8 Å². The van der Waals surface area contributed by atoms with Crippen LogP contribution in [0.15, 0.2) is 18.2 Å². The Morgan fingerprint density at radius 2 is 2.25 bits per heavy atom. The Morgan fingerprint density at radius 3 is 2.75 bits per heavy atom. The first-order chi connectivity index (χ1) is 7.50. The number of carboxylic acid groups (broad SMARTS) is 1. The highest BCUT2D eigenvalue weighted by Gasteiger charge is 2.10. The normalized spacial score (nSPS) is 9.81. The molecule has 0 atom stereocenters. The van der Waals surface area contributed by atoms with Gasteiger partial charge in [0, 0.05) is 12.6 Å². The molecule has 0 fully saturated rings. The number of nitro benzene ring substituents is 1. The molecule has 0 bridgehead atoms. The number of halogens is 1. The highest BCUT2D eigenvalue weighted by Crippen LogP contribution is 2.20. The van der Waals surface area contributed by atoms with Gasteiger partial charge in [-0.3, -0.25) is 14.9 Å². The Kier molecular flexibility index (Phi) is 3.76. The van der Waals surface area contributed by atoms with E-state index >= 15 is 0 Å². The van der Waals surface area contributed by atoms with Crippen molar-refractivity contribution in [3.63, 3.8) is 0 Å². The summed E-state index contributed by atoms with van der Waals surface area (Å²) < 4.78 is 13.2. The monoisotopic (exact) mass is 228 g/mol. The second kappa shape index (κ2) is 5.06. The number of carboxylic acids is 1. The van der Waals surface area contributed by atoms with Crippen molar-refractivity contribution in [1.29, 1.82) is 0 Å². The van der Waals surface area contributed by atoms with Gasteiger partial charge in [-0.05, 0) is 6.07 Å². The van der Waals surface area contributed by atoms with Gasteiger partial charge in [0.05, 0.1) is 23.1 Å². The van der Waals surface area contributed by atoms with E-state index in [4.69, 9.17) is 5.11 Å². The van der Waals surface area contributed by atoms with Crippen molar-refractivity contribution in [2.45, 2.75) is 6.42 Å². The fourth-order valence-corrected chi connectivity index (χ4v) is 1.07. The Balaban J connectivity index is 2.68. The zero-order chi connectivity index (χ0) is 12.1. The molecule has 7 heteroatoms. The Labute approximate surface area is 89.9 Å². The van der Waals surface area contributed by atoms with Gasteiger partial charge in [0.2, 0.25) is 0 Å². The average molecular weight is 228 g/mol. The maximum atomic E-state index is 13.2. The molecule has 0 aromatic heterocycles. The number of hydrogen-bond donors (Lipinski definition) is 2. The molecule has 1 aromatic rings. The number of nitro groups is 1. The molecule has 0 aliphatic carbocycles. The average Bonchev–Trinajstić information content (AvgIpc) is 2.19. The predicted octanol–water partition coefficient (Wildman–Crippen LogP) is 1.62. The largest absolute Gasteiger partial charge is 0.481 e. The number of rotatable bonds is 5. The van der Waals surface area contributed by atoms with Crippen molar-refractivity contribution < 1.29 is 19.2 Å². The van der Waals surface area contributed by atoms with Gasteiger partial charge in [-0.1, -0.05) is 0 Å². The molecule has 2 N–H and O–H groups in total. The lowest BCUT2D eigenvalue weighted by Gasteiger charge is -2.05. The molecule has 0 unspecified atom stereocenters. The molecule has 16 heavy (non-hydrogen) atoms. The lowest BCUT2D eigenvalue weighted by molar-refractivity contribution is -0.385. The molecule has 0 amide bonds. The molecule has 0 heterocycles. The second-order valence-corrected chi connectivity index (χ2v) is 2.99. The molecule has 0 aliphatic heterocycles. The van der Waals surface area contributed by atoms with Gasteiger partial charge < -0.3 is 10.4 Å². The van der Waals surface area contributed by atoms with E-state index in [1.54, 1.807) is 0 Å². The fourth-order valence-electron chi connectivity index (χ4n) is 1.07. The van der Waals surface area contributed by atoms with Crippen LogP contribution in [-0.2, 0) is 4.79 Å². The molecule has 1 aromatic carbocycles. The molecule has 6 nitrogen and oxygen atoms in total. The number of aliphatic carboxylic acids is 1. The maximum absolute atomic E-state index is 13.2. The Hall–Kier alpha value is -2.18. The quantitative estimate of drug-likeness (QED) is 0.590. The maximum Gasteiger partial charge on any atom is 0.305 e. The number of hydrogen-bond acceptors (Lipinski definition) is 4. The van der Waals surface area contributed by atoms with E-state index in [9.17, 15) is 19.3 Å². The second-order valence-electron chi connectivity index (χ2n) is 2.99. The lowest BCUT2D eigenvalue weighted by Crippen LogP contribution is -2.08. The molecule has 0 saturated heterocycles. The zero-order valence-electron chi connectivity index (χ0n) is 8.14. The van der Waals surface area contributed by atoms with Gasteiger partial charge in [-0.25, -0.2) is 4.39 Å². The smallest absolute Gasteiger partial charge is 0.305 e. The van der Waals surface area contributed by atoms with Gasteiger partial charge in [0.25, 0.3) is 5.69 Å². The number of benzene rings is 1. The summed E-state index contributed by atoms with van der Waals surface area (Å²) in [6.45, 7) is 0.0596. The number of carbonyl (C=O) groups is 1. The van der Waals surface area contributed by atoms with Crippen LogP contribution in [0.2, 0.25) is 0 Å². The molecule has 1 rings (SSSR count). The third-order valence-corrected chi connectivity index (χ3v) is 1.82. The van der Waals surface area contributed by atoms with E-state index in [-0.39, 0.29) is 24.3 Å². The van der Waals surface area contributed by atoms with Crippen LogP contribution in [0.25, 0.3) is 0 Å². The van der Waals surface area contributed by atoms with E-state index in [1.165, 1.54) is 6.07 Å². The van der Waals surface area contributed by atoms with Gasteiger partial charge in [0.15, 0.2) is 5.82 Å². The van der Waals surface area contributed by atoms with Crippen LogP contribution in [0.3, 0.4) is 0 Å². The van der Waals surface area contributed by atoms with E-state index in [0.717, 1.165) is 12.1 Å². The highest BCUT2D eigenvalue weighted by atomic mass is 19.1. The fraction of sp³-hybridized carbons (Fsp3) is 0.222. The van der Waals surface area contributed by atoms with Crippen molar-refractivity contribution in [2.75, 3.05) is 11.9 Å². The van der Waals surface area contributed by atoms with E-state index < -0.39 is 16.7 Å². The summed E-state index contributed by atoms with van der Waals surface area (Å²) in [4.78, 5) is 19.8. The molecule has 0 spiro atoms. The zero-order valence-corrected chi connectivity index (χ0v) is 8.14. The van der Waals surface area contributed by atoms with Crippen LogP contribution < -0.4 is 5.32 Å². The molecule has 86 valence electrons. The topological polar surface area (TPSA) is 92.5 Å². The van der Waals surface area contributed by atoms with Crippen LogP contribution in [0, 0.1) is 15.9 Å². The minimum absolute atomic E-state index is 0.0480. The van der Waals surface area contributed by atoms with Gasteiger partial charge in [-0.2, -0.15) is 0 Å². The van der Waals surface area contributed by atoms with Crippen LogP contribution >= 0.6 is 0 Å². The third-order valence-electron chi connectivity index (χ3n) is 1.82. The number of anilines is 1. The first-order valence-corrected chi connectivity index (χ1v) is 4.40. The first kappa shape index (κ1) is 11.9. The molecular formula is C9H9FN2O4. The molecule has 0 radical (unpaired) electrons. The number of nitrogens with zero attached hydrogens (tertiary/aromatic N) is 1. The minimum Gasteiger partial charge on any atom is -0.481 e. The van der Waals surface area contributed by atoms with Crippen molar-refractivity contribution in [1.82, 2.24) is 0 Å². The summed E-state index contributed by atoms with van der Waals surface area (Å²) in [5, 5.41) is 21.2. The number of non-ortho nitro benzene ring substituents is 1. The van der Waals surface area contributed by atoms with Crippen LogP contribution in [0.1, 0.15) is 6.42 Å². The molecule has 0 saturated carbocycles.